The van der Waals surface area contributed by atoms with Crippen LogP contribution in [0.25, 0.3) is 0 Å². The first-order valence-electron chi connectivity index (χ1n) is 30.9. The summed E-state index contributed by atoms with van der Waals surface area (Å²) in [7, 11) is 0. The standard InChI is InChI=1S/C108H6.C7H14N2O2/c1-3-5-7-9-11-13-15-17-19-21-23-25-27-29-31-33-35-37-39-41-43-45-47-49-51-53-55-57-59-61-63-65-67-69-71-73-75-77-79-81-83-85-87-89-91-93-95-97-99-101-103-105-107-108-106-104-102-100-98-96-94-92-90-88-86-84-82-80-78-76-74-72-70-68-66-64-62-60-58-56-54-52-50-48-46-44-42-40-38-36-34-32-30-28-26-24-22-20-18-16-14-12-10-8-6-4-2;1-6(10)8-4-3-5-9-7(2)11/h1-2H3;3-5H2,1-2H3,(H,8,10)(H,9,11). The van der Waals surface area contributed by atoms with Gasteiger partial charge in [0.05, 0.1) is 0 Å². The molecule has 0 aromatic carbocycles. The Morgan fingerprint density at radius 2 is 0.185 bits per heavy atom. The van der Waals surface area contributed by atoms with Gasteiger partial charge in [0.1, 0.15) is 0 Å². The Morgan fingerprint density at radius 1 is 0.126 bits per heavy atom. The fourth-order valence-electron chi connectivity index (χ4n) is 3.93. The smallest absolute Gasteiger partial charge is 0.216 e. The molecule has 0 fully saturated rings. The van der Waals surface area contributed by atoms with Gasteiger partial charge in [-0.2, -0.15) is 0 Å². The highest BCUT2D eigenvalue weighted by molar-refractivity contribution is 5.73. The van der Waals surface area contributed by atoms with Crippen LogP contribution in [0.5, 0.6) is 0 Å². The molecule has 0 heterocycles. The molecule has 0 unspecified atom stereocenters. The molecule has 0 aromatic rings. The van der Waals surface area contributed by atoms with Crippen molar-refractivity contribution < 1.29 is 9.59 Å². The molecule has 502 valence electrons. The molecular formula is C115H20N2O2. The minimum absolute atomic E-state index is 0.0344. The van der Waals surface area contributed by atoms with Crippen molar-refractivity contribution in [3.63, 3.8) is 0 Å². The highest BCUT2D eigenvalue weighted by atomic mass is 16.2. The number of amides is 2. The van der Waals surface area contributed by atoms with E-state index in [-0.39, 0.29) is 11.8 Å². The van der Waals surface area contributed by atoms with Gasteiger partial charge >= 0.3 is 0 Å². The number of carbonyl (C=O) groups is 2. The zero-order valence-electron chi connectivity index (χ0n) is 61.9. The van der Waals surface area contributed by atoms with E-state index in [4.69, 9.17) is 0 Å². The van der Waals surface area contributed by atoms with E-state index in [0.717, 1.165) is 6.42 Å². The highest BCUT2D eigenvalue weighted by Crippen LogP contribution is 1.74. The summed E-state index contributed by atoms with van der Waals surface area (Å²) in [5, 5.41) is 5.26. The third-order valence-electron chi connectivity index (χ3n) is 7.79. The maximum absolute atomic E-state index is 10.3. The molecule has 2 amide bonds. The third kappa shape index (κ3) is 100. The Kier molecular flexibility index (Phi) is 76.1. The molecule has 0 aromatic heterocycles. The first-order chi connectivity index (χ1) is 59.0. The molecule has 4 heteroatoms. The van der Waals surface area contributed by atoms with Crippen LogP contribution in [0.15, 0.2) is 0 Å². The minimum atomic E-state index is -0.0344. The average molecular weight is 1460 g/mol. The van der Waals surface area contributed by atoms with Crippen LogP contribution in [0.4, 0.5) is 0 Å². The first-order valence-corrected chi connectivity index (χ1v) is 30.9. The second-order valence-electron chi connectivity index (χ2n) is 15.8. The van der Waals surface area contributed by atoms with Crippen LogP contribution >= 0.6 is 0 Å². The second kappa shape index (κ2) is 93.6. The molecule has 119 heavy (non-hydrogen) atoms. The molecule has 0 bridgehead atoms. The maximum Gasteiger partial charge on any atom is 0.216 e. The summed E-state index contributed by atoms with van der Waals surface area (Å²) in [5.41, 5.74) is 0. The summed E-state index contributed by atoms with van der Waals surface area (Å²) >= 11 is 0. The predicted octanol–water partition coefficient (Wildman–Crippen LogP) is 0.855. The Balaban J connectivity index is 0. The molecule has 0 aliphatic rings. The van der Waals surface area contributed by atoms with Crippen molar-refractivity contribution in [2.75, 3.05) is 13.1 Å². The van der Waals surface area contributed by atoms with Crippen LogP contribution in [0.2, 0.25) is 0 Å². The topological polar surface area (TPSA) is 58.2 Å². The van der Waals surface area contributed by atoms with E-state index in [2.05, 4.69) is 638 Å². The van der Waals surface area contributed by atoms with E-state index in [1.165, 1.54) is 13.8 Å². The van der Waals surface area contributed by atoms with Crippen LogP contribution in [0.1, 0.15) is 34.1 Å². The van der Waals surface area contributed by atoms with Crippen LogP contribution < -0.4 is 10.6 Å². The fourth-order valence-corrected chi connectivity index (χ4v) is 3.93. The molecule has 0 aliphatic heterocycles. The van der Waals surface area contributed by atoms with Crippen molar-refractivity contribution in [3.8, 4) is 628 Å². The third-order valence-corrected chi connectivity index (χ3v) is 7.79. The minimum Gasteiger partial charge on any atom is -0.356 e. The largest absolute Gasteiger partial charge is 0.356 e. The summed E-state index contributed by atoms with van der Waals surface area (Å²) < 4.78 is 0. The van der Waals surface area contributed by atoms with Crippen LogP contribution in [-0.4, -0.2) is 24.9 Å². The van der Waals surface area contributed by atoms with Crippen LogP contribution in [-0.2, 0) is 9.59 Å². The number of hydrogen-bond donors (Lipinski definition) is 2. The summed E-state index contributed by atoms with van der Waals surface area (Å²) in [6, 6.07) is 0. The van der Waals surface area contributed by atoms with Gasteiger partial charge in [0.15, 0.2) is 0 Å². The Hall–Kier alpha value is -24.4. The lowest BCUT2D eigenvalue weighted by Crippen LogP contribution is -2.27. The summed E-state index contributed by atoms with van der Waals surface area (Å²) in [5.74, 6) is 266. The van der Waals surface area contributed by atoms with Gasteiger partial charge in [0, 0.05) is 548 Å². The summed E-state index contributed by atoms with van der Waals surface area (Å²) in [4.78, 5) is 20.7. The van der Waals surface area contributed by atoms with E-state index in [0.29, 0.717) is 13.1 Å². The Morgan fingerprint density at radius 3 is 0.235 bits per heavy atom. The van der Waals surface area contributed by atoms with E-state index in [9.17, 15) is 9.59 Å². The van der Waals surface area contributed by atoms with Crippen molar-refractivity contribution in [1.29, 1.82) is 0 Å². The van der Waals surface area contributed by atoms with E-state index in [1.54, 1.807) is 13.8 Å². The molecule has 0 saturated heterocycles. The lowest BCUT2D eigenvalue weighted by Gasteiger charge is -2.01. The van der Waals surface area contributed by atoms with Gasteiger partial charge < -0.3 is 10.6 Å². The zero-order valence-corrected chi connectivity index (χ0v) is 61.9. The molecule has 0 radical (unpaired) electrons. The van der Waals surface area contributed by atoms with E-state index < -0.39 is 0 Å². The molecule has 0 rings (SSSR count). The zero-order chi connectivity index (χ0) is 85.6. The second-order valence-corrected chi connectivity index (χ2v) is 15.8. The van der Waals surface area contributed by atoms with Gasteiger partial charge in [-0.05, 0) is 115 Å². The predicted molar refractivity (Wildman–Crippen MR) is 465 cm³/mol. The fraction of sp³-hybridized carbons (Fsp3) is 0.0609. The molecule has 2 N–H and O–H groups in total. The maximum atomic E-state index is 10.3. The van der Waals surface area contributed by atoms with Gasteiger partial charge in [-0.15, -0.1) is 0 Å². The van der Waals surface area contributed by atoms with E-state index in [1.807, 2.05) is 0 Å². The van der Waals surface area contributed by atoms with Gasteiger partial charge in [-0.25, -0.2) is 0 Å². The van der Waals surface area contributed by atoms with Crippen molar-refractivity contribution in [2.45, 2.75) is 34.1 Å². The van der Waals surface area contributed by atoms with Crippen molar-refractivity contribution in [1.82, 2.24) is 10.6 Å². The molecule has 0 atom stereocenters. The number of nitrogens with one attached hydrogen (secondary N) is 2. The lowest BCUT2D eigenvalue weighted by molar-refractivity contribution is -0.119. The van der Waals surface area contributed by atoms with Gasteiger partial charge in [-0.3, -0.25) is 9.59 Å². The number of hydrogen-bond acceptors (Lipinski definition) is 2. The molecule has 0 saturated carbocycles. The number of carbonyl (C=O) groups excluding carboxylic acids is 2. The van der Waals surface area contributed by atoms with Crippen molar-refractivity contribution in [3.05, 3.63) is 0 Å². The van der Waals surface area contributed by atoms with Crippen LogP contribution in [0.3, 0.4) is 0 Å². The quantitative estimate of drug-likeness (QED) is 0.325. The number of rotatable bonds is 4. The Labute approximate surface area is 702 Å². The SMILES string of the molecule is CC#CC#CC#CC#CC#CC#CC#CC#CC#CC#CC#CC#CC#CC#CC#CC#CC#CC#CC#CC#CC#CC#CC#CC#CC#CC#CC#CC#CC#CC#CC#CC#CC#CC#CC#CC#CC#CC#CC#CC#CC#CC#CC#CC#CC#CC#CC#CC#CC#CC#CC#CC#CC#CC.CC(=O)NCCCNC(C)=O. The van der Waals surface area contributed by atoms with Gasteiger partial charge in [-0.1, -0.05) is 11.8 Å². The monoisotopic (exact) mass is 1460 g/mol. The summed E-state index contributed by atoms with van der Waals surface area (Å²) in [6.45, 7) is 7.55. The molecule has 4 nitrogen and oxygen atoms in total. The van der Waals surface area contributed by atoms with Crippen molar-refractivity contribution >= 4 is 11.8 Å². The van der Waals surface area contributed by atoms with Crippen LogP contribution in [0, 0.1) is 628 Å². The lowest BCUT2D eigenvalue weighted by atomic mass is 10.4. The van der Waals surface area contributed by atoms with Gasteiger partial charge in [0.25, 0.3) is 0 Å². The summed E-state index contributed by atoms with van der Waals surface area (Å²) in [6.07, 6.45) is 0.777. The Bertz CT molecular complexity index is 7550. The molecule has 0 aliphatic carbocycles. The molecule has 0 spiro atoms. The highest BCUT2D eigenvalue weighted by Gasteiger charge is 1.92. The molecular weight excluding hydrogens is 1440 g/mol. The normalized spacial score (nSPS) is 4.44. The van der Waals surface area contributed by atoms with Crippen molar-refractivity contribution in [2.24, 2.45) is 0 Å². The van der Waals surface area contributed by atoms with Gasteiger partial charge in [0.2, 0.25) is 11.8 Å². The first kappa shape index (κ1) is 96.7. The van der Waals surface area contributed by atoms with E-state index >= 15 is 0 Å². The average Bonchev–Trinajstić information content (AvgIpc) is 2.26.